The van der Waals surface area contributed by atoms with Crippen molar-refractivity contribution in [1.29, 1.82) is 0 Å². The van der Waals surface area contributed by atoms with Crippen LogP contribution in [0.5, 0.6) is 0 Å². The molecule has 4 rings (SSSR count). The van der Waals surface area contributed by atoms with Gasteiger partial charge in [-0.3, -0.25) is 14.4 Å². The van der Waals surface area contributed by atoms with E-state index in [0.29, 0.717) is 19.6 Å². The molecule has 1 fully saturated rings. The summed E-state index contributed by atoms with van der Waals surface area (Å²) in [4.78, 5) is 47.2. The summed E-state index contributed by atoms with van der Waals surface area (Å²) in [5, 5.41) is 2.99. The van der Waals surface area contributed by atoms with Crippen molar-refractivity contribution < 1.29 is 9.59 Å². The lowest BCUT2D eigenvalue weighted by atomic mass is 9.96. The summed E-state index contributed by atoms with van der Waals surface area (Å²) in [5.41, 5.74) is 2.40. The van der Waals surface area contributed by atoms with E-state index in [0.717, 1.165) is 32.0 Å². The number of hydrogen-bond donors (Lipinski definition) is 2. The van der Waals surface area contributed by atoms with E-state index in [1.165, 1.54) is 17.3 Å². The van der Waals surface area contributed by atoms with Crippen LogP contribution >= 0.6 is 0 Å². The second-order valence-electron chi connectivity index (χ2n) is 8.24. The number of hydrogen-bond acceptors (Lipinski definition) is 5. The minimum atomic E-state index is -0.345. The summed E-state index contributed by atoms with van der Waals surface area (Å²) in [6.07, 6.45) is 4.76. The number of H-pyrrole nitrogens is 1. The van der Waals surface area contributed by atoms with E-state index in [4.69, 9.17) is 0 Å². The number of benzene rings is 1. The fraction of sp³-hybridized carbons (Fsp3) is 0.455. The Bertz CT molecular complexity index is 968. The van der Waals surface area contributed by atoms with Crippen LogP contribution in [-0.2, 0) is 17.8 Å². The molecule has 0 radical (unpaired) electrons. The van der Waals surface area contributed by atoms with E-state index >= 15 is 0 Å². The fourth-order valence-corrected chi connectivity index (χ4v) is 4.40. The summed E-state index contributed by atoms with van der Waals surface area (Å²) in [6, 6.07) is 8.24. The molecule has 3 heterocycles. The molecule has 8 nitrogen and oxygen atoms in total. The van der Waals surface area contributed by atoms with Crippen LogP contribution in [0.4, 0.5) is 0 Å². The Morgan fingerprint density at radius 3 is 2.73 bits per heavy atom. The highest BCUT2D eigenvalue weighted by molar-refractivity contribution is 5.92. The molecule has 2 aliphatic rings. The molecule has 0 bridgehead atoms. The van der Waals surface area contributed by atoms with E-state index in [9.17, 15) is 14.4 Å². The molecule has 2 amide bonds. The molecule has 0 saturated carbocycles. The van der Waals surface area contributed by atoms with Gasteiger partial charge >= 0.3 is 0 Å². The van der Waals surface area contributed by atoms with Crippen molar-refractivity contribution in [3.8, 4) is 0 Å². The van der Waals surface area contributed by atoms with Crippen molar-refractivity contribution in [2.24, 2.45) is 5.92 Å². The molecule has 1 aromatic heterocycles. The maximum atomic E-state index is 13.2. The summed E-state index contributed by atoms with van der Waals surface area (Å²) >= 11 is 0. The molecule has 0 aliphatic carbocycles. The van der Waals surface area contributed by atoms with Crippen LogP contribution in [0.1, 0.15) is 34.5 Å². The number of aromatic amines is 1. The number of amides is 2. The Morgan fingerprint density at radius 1 is 1.17 bits per heavy atom. The van der Waals surface area contributed by atoms with Crippen LogP contribution in [0.15, 0.2) is 41.5 Å². The first kappa shape index (κ1) is 20.3. The monoisotopic (exact) mass is 409 g/mol. The third-order valence-electron chi connectivity index (χ3n) is 5.96. The number of nitrogens with zero attached hydrogens (tertiary/aromatic N) is 3. The Morgan fingerprint density at radius 2 is 1.97 bits per heavy atom. The van der Waals surface area contributed by atoms with Crippen LogP contribution in [-0.4, -0.2) is 64.3 Å². The molecule has 158 valence electrons. The van der Waals surface area contributed by atoms with Crippen molar-refractivity contribution in [2.45, 2.75) is 31.8 Å². The molecule has 2 atom stereocenters. The number of aromatic nitrogens is 2. The van der Waals surface area contributed by atoms with Crippen LogP contribution in [0.2, 0.25) is 0 Å². The molecular weight excluding hydrogens is 382 g/mol. The Labute approximate surface area is 175 Å². The maximum absolute atomic E-state index is 13.2. The minimum Gasteiger partial charge on any atom is -0.347 e. The topological polar surface area (TPSA) is 98.4 Å². The highest BCUT2D eigenvalue weighted by atomic mass is 16.2. The van der Waals surface area contributed by atoms with Gasteiger partial charge in [-0.15, -0.1) is 0 Å². The van der Waals surface area contributed by atoms with E-state index in [-0.39, 0.29) is 35.0 Å². The fourth-order valence-electron chi connectivity index (χ4n) is 4.40. The molecule has 0 unspecified atom stereocenters. The third kappa shape index (κ3) is 4.59. The zero-order chi connectivity index (χ0) is 21.1. The number of likely N-dealkylation sites (tertiary alicyclic amines) is 1. The predicted molar refractivity (Wildman–Crippen MR) is 112 cm³/mol. The Balaban J connectivity index is 1.37. The van der Waals surface area contributed by atoms with Gasteiger partial charge in [0.2, 0.25) is 5.91 Å². The number of carbonyl (C=O) groups is 2. The lowest BCUT2D eigenvalue weighted by molar-refractivity contribution is -0.137. The molecule has 30 heavy (non-hydrogen) atoms. The molecule has 1 saturated heterocycles. The van der Waals surface area contributed by atoms with Gasteiger partial charge in [-0.1, -0.05) is 24.3 Å². The summed E-state index contributed by atoms with van der Waals surface area (Å²) in [5.74, 6) is -0.193. The van der Waals surface area contributed by atoms with Crippen LogP contribution in [0.3, 0.4) is 0 Å². The van der Waals surface area contributed by atoms with Crippen molar-refractivity contribution in [3.05, 3.63) is 63.8 Å². The number of fused-ring (bicyclic) bond motifs is 1. The predicted octanol–water partition coefficient (Wildman–Crippen LogP) is 0.795. The summed E-state index contributed by atoms with van der Waals surface area (Å²) < 4.78 is 0. The largest absolute Gasteiger partial charge is 0.347 e. The van der Waals surface area contributed by atoms with Gasteiger partial charge in [0.15, 0.2) is 0 Å². The lowest BCUT2D eigenvalue weighted by Crippen LogP contribution is -2.43. The van der Waals surface area contributed by atoms with Gasteiger partial charge in [-0.2, -0.15) is 0 Å². The smallest absolute Gasteiger partial charge is 0.271 e. The molecule has 2 aliphatic heterocycles. The van der Waals surface area contributed by atoms with Gasteiger partial charge in [0.1, 0.15) is 5.69 Å². The van der Waals surface area contributed by atoms with E-state index in [1.54, 1.807) is 0 Å². The quantitative estimate of drug-likeness (QED) is 0.781. The van der Waals surface area contributed by atoms with E-state index in [2.05, 4.69) is 32.3 Å². The second kappa shape index (κ2) is 8.79. The molecule has 2 N–H and O–H groups in total. The third-order valence-corrected chi connectivity index (χ3v) is 5.96. The van der Waals surface area contributed by atoms with Crippen LogP contribution in [0.25, 0.3) is 0 Å². The Hall–Kier alpha value is -3.00. The zero-order valence-corrected chi connectivity index (χ0v) is 17.1. The van der Waals surface area contributed by atoms with Crippen LogP contribution in [0, 0.1) is 5.92 Å². The molecule has 2 aromatic rings. The second-order valence-corrected chi connectivity index (χ2v) is 8.24. The zero-order valence-electron chi connectivity index (χ0n) is 17.1. The first-order chi connectivity index (χ1) is 14.5. The lowest BCUT2D eigenvalue weighted by Gasteiger charge is -2.32. The highest BCUT2D eigenvalue weighted by Gasteiger charge is 2.31. The number of carbonyl (C=O) groups excluding carboxylic acids is 2. The van der Waals surface area contributed by atoms with E-state index in [1.807, 2.05) is 24.1 Å². The number of nitrogens with one attached hydrogen (secondary N) is 2. The molecular formula is C22H27N5O3. The van der Waals surface area contributed by atoms with Gasteiger partial charge in [0, 0.05) is 38.4 Å². The SMILES string of the molecule is CN1C[C@@H](NC(=O)c2c[nH]c(=O)cn2)CC[C@@H](C(=O)N2CCc3ccccc3C2)C1. The first-order valence-electron chi connectivity index (χ1n) is 10.4. The number of likely N-dealkylation sites (N-methyl/N-ethyl adjacent to an activating group) is 1. The average Bonchev–Trinajstić information content (AvgIpc) is 2.94. The van der Waals surface area contributed by atoms with Gasteiger partial charge in [0.25, 0.3) is 11.5 Å². The van der Waals surface area contributed by atoms with Gasteiger partial charge < -0.3 is 20.1 Å². The van der Waals surface area contributed by atoms with E-state index < -0.39 is 0 Å². The first-order valence-corrected chi connectivity index (χ1v) is 10.4. The standard InChI is InChI=1S/C22H27N5O3/c1-26-12-17(22(30)27-9-8-15-4-2-3-5-16(15)13-27)6-7-18(14-26)25-21(29)19-10-24-20(28)11-23-19/h2-5,10-11,17-18H,6-9,12-14H2,1H3,(H,24,28)(H,25,29)/t17-,18+/m1/s1. The molecule has 0 spiro atoms. The van der Waals surface area contributed by atoms with Gasteiger partial charge in [-0.05, 0) is 37.4 Å². The molecule has 8 heteroatoms. The normalized spacial score (nSPS) is 22.1. The summed E-state index contributed by atoms with van der Waals surface area (Å²) in [6.45, 7) is 2.78. The summed E-state index contributed by atoms with van der Waals surface area (Å²) in [7, 11) is 1.98. The van der Waals surface area contributed by atoms with Crippen molar-refractivity contribution in [3.63, 3.8) is 0 Å². The van der Waals surface area contributed by atoms with Crippen molar-refractivity contribution >= 4 is 11.8 Å². The van der Waals surface area contributed by atoms with Crippen molar-refractivity contribution in [2.75, 3.05) is 26.7 Å². The molecule has 1 aromatic carbocycles. The number of rotatable bonds is 3. The Kier molecular flexibility index (Phi) is 5.94. The van der Waals surface area contributed by atoms with Gasteiger partial charge in [-0.25, -0.2) is 4.98 Å². The highest BCUT2D eigenvalue weighted by Crippen LogP contribution is 2.24. The maximum Gasteiger partial charge on any atom is 0.271 e. The average molecular weight is 409 g/mol. The minimum absolute atomic E-state index is 0.0730. The van der Waals surface area contributed by atoms with Crippen molar-refractivity contribution in [1.82, 2.24) is 25.1 Å². The van der Waals surface area contributed by atoms with Crippen LogP contribution < -0.4 is 10.9 Å². The van der Waals surface area contributed by atoms with Gasteiger partial charge in [0.05, 0.1) is 12.1 Å².